The Balaban J connectivity index is 0.00000220. The van der Waals surface area contributed by atoms with E-state index in [2.05, 4.69) is 15.4 Å². The van der Waals surface area contributed by atoms with Crippen LogP contribution >= 0.6 is 12.4 Å². The van der Waals surface area contributed by atoms with Gasteiger partial charge in [-0.3, -0.25) is 4.72 Å². The molecule has 0 saturated carbocycles. The quantitative estimate of drug-likeness (QED) is 0.789. The Bertz CT molecular complexity index is 668. The standard InChI is InChI=1S/C14H17N3O2S.ClH/c1-15-11-8-12(16-2)10-13(9-11)17-20(18,19)14-6-4-3-5-7-14;/h3-10,15-17H,1-2H3;1H. The van der Waals surface area contributed by atoms with Gasteiger partial charge < -0.3 is 10.6 Å². The van der Waals surface area contributed by atoms with Crippen molar-refractivity contribution in [3.8, 4) is 0 Å². The molecule has 5 nitrogen and oxygen atoms in total. The van der Waals surface area contributed by atoms with E-state index in [4.69, 9.17) is 0 Å². The van der Waals surface area contributed by atoms with Crippen LogP contribution in [0.2, 0.25) is 0 Å². The van der Waals surface area contributed by atoms with Crippen LogP contribution in [0.4, 0.5) is 17.1 Å². The zero-order chi connectivity index (χ0) is 14.6. The minimum atomic E-state index is -3.57. The van der Waals surface area contributed by atoms with E-state index in [-0.39, 0.29) is 17.3 Å². The SMILES string of the molecule is CNc1cc(NC)cc(NS(=O)(=O)c2ccccc2)c1.Cl. The first-order chi connectivity index (χ1) is 9.55. The molecule has 2 aromatic carbocycles. The lowest BCUT2D eigenvalue weighted by Crippen LogP contribution is -2.13. The van der Waals surface area contributed by atoms with Crippen LogP contribution in [0.1, 0.15) is 0 Å². The Labute approximate surface area is 131 Å². The molecule has 0 amide bonds. The highest BCUT2D eigenvalue weighted by Crippen LogP contribution is 2.24. The van der Waals surface area contributed by atoms with Crippen LogP contribution in [-0.2, 0) is 10.0 Å². The fourth-order valence-corrected chi connectivity index (χ4v) is 2.85. The summed E-state index contributed by atoms with van der Waals surface area (Å²) >= 11 is 0. The normalized spacial score (nSPS) is 10.4. The lowest BCUT2D eigenvalue weighted by atomic mass is 10.2. The molecule has 0 unspecified atom stereocenters. The Morgan fingerprint density at radius 2 is 1.29 bits per heavy atom. The summed E-state index contributed by atoms with van der Waals surface area (Å²) in [6.45, 7) is 0. The van der Waals surface area contributed by atoms with Crippen molar-refractivity contribution < 1.29 is 8.42 Å². The molecule has 114 valence electrons. The number of sulfonamides is 1. The summed E-state index contributed by atoms with van der Waals surface area (Å²) in [5.74, 6) is 0. The minimum Gasteiger partial charge on any atom is -0.388 e. The molecule has 0 saturated heterocycles. The Morgan fingerprint density at radius 3 is 1.76 bits per heavy atom. The number of nitrogens with one attached hydrogen (secondary N) is 3. The molecule has 0 aromatic heterocycles. The predicted molar refractivity (Wildman–Crippen MR) is 90.0 cm³/mol. The topological polar surface area (TPSA) is 70.2 Å². The van der Waals surface area contributed by atoms with Crippen molar-refractivity contribution in [1.29, 1.82) is 0 Å². The van der Waals surface area contributed by atoms with Gasteiger partial charge in [-0.2, -0.15) is 0 Å². The predicted octanol–water partition coefficient (Wildman–Crippen LogP) is 2.99. The van der Waals surface area contributed by atoms with Crippen LogP contribution < -0.4 is 15.4 Å². The summed E-state index contributed by atoms with van der Waals surface area (Å²) in [5, 5.41) is 5.99. The Morgan fingerprint density at radius 1 is 0.810 bits per heavy atom. The highest BCUT2D eigenvalue weighted by molar-refractivity contribution is 7.92. The molecular formula is C14H18ClN3O2S. The number of hydrogen-bond donors (Lipinski definition) is 3. The summed E-state index contributed by atoms with van der Waals surface area (Å²) in [5.41, 5.74) is 2.15. The van der Waals surface area contributed by atoms with Crippen molar-refractivity contribution >= 4 is 39.5 Å². The van der Waals surface area contributed by atoms with E-state index in [1.165, 1.54) is 0 Å². The fourth-order valence-electron chi connectivity index (χ4n) is 1.79. The number of benzene rings is 2. The zero-order valence-corrected chi connectivity index (χ0v) is 13.4. The molecule has 0 spiro atoms. The van der Waals surface area contributed by atoms with Gasteiger partial charge in [-0.1, -0.05) is 18.2 Å². The minimum absolute atomic E-state index is 0. The average molecular weight is 328 g/mol. The summed E-state index contributed by atoms with van der Waals surface area (Å²) in [6.07, 6.45) is 0. The first-order valence-corrected chi connectivity index (χ1v) is 7.62. The maximum Gasteiger partial charge on any atom is 0.261 e. The Hall–Kier alpha value is -1.92. The second-order valence-corrected chi connectivity index (χ2v) is 5.90. The third-order valence-electron chi connectivity index (χ3n) is 2.82. The summed E-state index contributed by atoms with van der Waals surface area (Å²) in [4.78, 5) is 0.237. The monoisotopic (exact) mass is 327 g/mol. The zero-order valence-electron chi connectivity index (χ0n) is 11.8. The van der Waals surface area contributed by atoms with Gasteiger partial charge in [0.25, 0.3) is 10.0 Å². The molecule has 3 N–H and O–H groups in total. The van der Waals surface area contributed by atoms with Gasteiger partial charge in [0.2, 0.25) is 0 Å². The molecule has 0 aliphatic carbocycles. The number of anilines is 3. The average Bonchev–Trinajstić information content (AvgIpc) is 2.47. The second-order valence-electron chi connectivity index (χ2n) is 4.22. The smallest absolute Gasteiger partial charge is 0.261 e. The summed E-state index contributed by atoms with van der Waals surface area (Å²) in [6, 6.07) is 13.6. The van der Waals surface area contributed by atoms with Crippen LogP contribution in [0.3, 0.4) is 0 Å². The van der Waals surface area contributed by atoms with Crippen LogP contribution in [-0.4, -0.2) is 22.5 Å². The molecule has 21 heavy (non-hydrogen) atoms. The summed E-state index contributed by atoms with van der Waals surface area (Å²) in [7, 11) is -0.00486. The van der Waals surface area contributed by atoms with Crippen molar-refractivity contribution in [2.45, 2.75) is 4.90 Å². The maximum absolute atomic E-state index is 12.2. The highest BCUT2D eigenvalue weighted by atomic mass is 35.5. The van der Waals surface area contributed by atoms with Gasteiger partial charge in [0.15, 0.2) is 0 Å². The van der Waals surface area contributed by atoms with E-state index < -0.39 is 10.0 Å². The number of hydrogen-bond acceptors (Lipinski definition) is 4. The third-order valence-corrected chi connectivity index (χ3v) is 4.21. The van der Waals surface area contributed by atoms with Gasteiger partial charge >= 0.3 is 0 Å². The molecule has 0 atom stereocenters. The molecule has 2 rings (SSSR count). The van der Waals surface area contributed by atoms with Crippen molar-refractivity contribution in [2.24, 2.45) is 0 Å². The van der Waals surface area contributed by atoms with Gasteiger partial charge in [0.05, 0.1) is 10.6 Å². The molecule has 0 aliphatic heterocycles. The van der Waals surface area contributed by atoms with Gasteiger partial charge in [-0.15, -0.1) is 12.4 Å². The van der Waals surface area contributed by atoms with Crippen molar-refractivity contribution in [2.75, 3.05) is 29.5 Å². The fraction of sp³-hybridized carbons (Fsp3) is 0.143. The first-order valence-electron chi connectivity index (χ1n) is 6.13. The van der Waals surface area contributed by atoms with E-state index >= 15 is 0 Å². The third kappa shape index (κ3) is 4.27. The van der Waals surface area contributed by atoms with Gasteiger partial charge in [-0.05, 0) is 30.3 Å². The van der Waals surface area contributed by atoms with Crippen LogP contribution in [0.25, 0.3) is 0 Å². The van der Waals surface area contributed by atoms with Gasteiger partial charge in [0, 0.05) is 25.5 Å². The second kappa shape index (κ2) is 7.19. The van der Waals surface area contributed by atoms with Crippen LogP contribution in [0, 0.1) is 0 Å². The number of halogens is 1. The van der Waals surface area contributed by atoms with E-state index in [1.54, 1.807) is 56.6 Å². The number of rotatable bonds is 5. The van der Waals surface area contributed by atoms with Crippen LogP contribution in [0.5, 0.6) is 0 Å². The first kappa shape index (κ1) is 17.1. The van der Waals surface area contributed by atoms with Crippen molar-refractivity contribution in [3.05, 3.63) is 48.5 Å². The highest BCUT2D eigenvalue weighted by Gasteiger charge is 2.14. The van der Waals surface area contributed by atoms with E-state index in [9.17, 15) is 8.42 Å². The molecule has 0 fully saturated rings. The molecule has 2 aromatic rings. The summed E-state index contributed by atoms with van der Waals surface area (Å²) < 4.78 is 27.1. The lowest BCUT2D eigenvalue weighted by molar-refractivity contribution is 0.601. The molecule has 0 bridgehead atoms. The van der Waals surface area contributed by atoms with Gasteiger partial charge in [0.1, 0.15) is 0 Å². The van der Waals surface area contributed by atoms with Crippen molar-refractivity contribution in [3.63, 3.8) is 0 Å². The largest absolute Gasteiger partial charge is 0.388 e. The van der Waals surface area contributed by atoms with E-state index in [0.717, 1.165) is 11.4 Å². The molecular weight excluding hydrogens is 310 g/mol. The molecule has 0 radical (unpaired) electrons. The maximum atomic E-state index is 12.2. The molecule has 0 aliphatic rings. The van der Waals surface area contributed by atoms with Gasteiger partial charge in [-0.25, -0.2) is 8.42 Å². The Kier molecular flexibility index (Phi) is 5.87. The lowest BCUT2D eigenvalue weighted by Gasteiger charge is -2.12. The van der Waals surface area contributed by atoms with Crippen LogP contribution in [0.15, 0.2) is 53.4 Å². The van der Waals surface area contributed by atoms with Crippen molar-refractivity contribution in [1.82, 2.24) is 0 Å². The van der Waals surface area contributed by atoms with E-state index in [1.807, 2.05) is 6.07 Å². The molecule has 7 heteroatoms. The van der Waals surface area contributed by atoms with E-state index in [0.29, 0.717) is 5.69 Å². The molecule has 0 heterocycles.